The van der Waals surface area contributed by atoms with Gasteiger partial charge in [0.25, 0.3) is 5.91 Å². The molecule has 1 unspecified atom stereocenters. The highest BCUT2D eigenvalue weighted by Crippen LogP contribution is 2.40. The van der Waals surface area contributed by atoms with E-state index in [-0.39, 0.29) is 23.3 Å². The van der Waals surface area contributed by atoms with E-state index in [1.807, 2.05) is 0 Å². The van der Waals surface area contributed by atoms with Gasteiger partial charge in [0.2, 0.25) is 5.91 Å². The van der Waals surface area contributed by atoms with Gasteiger partial charge in [-0.3, -0.25) is 14.4 Å². The molecule has 2 aromatic carbocycles. The maximum Gasteiger partial charge on any atom is 0.416 e. The molecule has 38 heavy (non-hydrogen) atoms. The van der Waals surface area contributed by atoms with Crippen LogP contribution in [0.25, 0.3) is 0 Å². The average molecular weight is 547 g/mol. The summed E-state index contributed by atoms with van der Waals surface area (Å²) in [5.74, 6) is -3.72. The Morgan fingerprint density at radius 3 is 1.95 bits per heavy atom. The van der Waals surface area contributed by atoms with E-state index in [1.54, 1.807) is 0 Å². The van der Waals surface area contributed by atoms with Gasteiger partial charge in [0.05, 0.1) is 35.3 Å². The Labute approximate surface area is 211 Å². The summed E-state index contributed by atoms with van der Waals surface area (Å²) in [7, 11) is 0. The number of guanidine groups is 1. The fourth-order valence-electron chi connectivity index (χ4n) is 3.56. The number of hydrogen-bond acceptors (Lipinski definition) is 4. The van der Waals surface area contributed by atoms with E-state index in [0.29, 0.717) is 12.1 Å². The van der Waals surface area contributed by atoms with Gasteiger partial charge < -0.3 is 27.2 Å². The lowest BCUT2D eigenvalue weighted by molar-refractivity contribution is -0.143. The van der Waals surface area contributed by atoms with Crippen molar-refractivity contribution in [3.05, 3.63) is 64.7 Å². The van der Waals surface area contributed by atoms with Crippen LogP contribution in [0.5, 0.6) is 0 Å². The SMILES string of the molecule is CCC(CC(=O)O)(NC(=O)CNC(=O)c1cccc(N=C(N)N)c1)c1cc(C(F)(F)F)cc(C(F)(F)F)c1. The van der Waals surface area contributed by atoms with Gasteiger partial charge in [-0.15, -0.1) is 0 Å². The van der Waals surface area contributed by atoms with E-state index in [1.165, 1.54) is 31.2 Å². The quantitative estimate of drug-likeness (QED) is 0.184. The Morgan fingerprint density at radius 2 is 1.47 bits per heavy atom. The largest absolute Gasteiger partial charge is 0.481 e. The van der Waals surface area contributed by atoms with Crippen LogP contribution in [0.15, 0.2) is 47.5 Å². The number of nitrogens with zero attached hydrogens (tertiary/aromatic N) is 1. The first-order valence-electron chi connectivity index (χ1n) is 10.8. The maximum atomic E-state index is 13.4. The van der Waals surface area contributed by atoms with Crippen molar-refractivity contribution in [2.45, 2.75) is 37.7 Å². The number of halogens is 6. The number of aliphatic carboxylic acids is 1. The summed E-state index contributed by atoms with van der Waals surface area (Å²) in [5, 5.41) is 13.8. The maximum absolute atomic E-state index is 13.4. The fourth-order valence-corrected chi connectivity index (χ4v) is 3.56. The Balaban J connectivity index is 2.39. The molecule has 0 fully saturated rings. The van der Waals surface area contributed by atoms with E-state index in [0.717, 1.165) is 0 Å². The third kappa shape index (κ3) is 7.85. The van der Waals surface area contributed by atoms with E-state index in [2.05, 4.69) is 15.6 Å². The standard InChI is InChI=1S/C23H23F6N5O4/c1-2-21(10-18(36)37,13-7-14(22(24,25)26)9-15(8-13)23(27,28)29)34-17(35)11-32-19(38)12-4-3-5-16(6-12)33-20(30)31/h3-9H,2,10-11H2,1H3,(H,32,38)(H,34,35)(H,36,37)(H4,30,31,33). The average Bonchev–Trinajstić information content (AvgIpc) is 2.80. The zero-order valence-electron chi connectivity index (χ0n) is 19.7. The number of carbonyl (C=O) groups is 3. The van der Waals surface area contributed by atoms with E-state index in [4.69, 9.17) is 11.5 Å². The minimum absolute atomic E-state index is 0.0280. The molecule has 0 aromatic heterocycles. The predicted molar refractivity (Wildman–Crippen MR) is 123 cm³/mol. The predicted octanol–water partition coefficient (Wildman–Crippen LogP) is 3.26. The first kappa shape index (κ1) is 29.9. The van der Waals surface area contributed by atoms with Crippen molar-refractivity contribution in [2.75, 3.05) is 6.54 Å². The molecular weight excluding hydrogens is 524 g/mol. The number of carbonyl (C=O) groups excluding carboxylic acids is 2. The normalized spacial score (nSPS) is 13.2. The van der Waals surface area contributed by atoms with Crippen LogP contribution in [-0.4, -0.2) is 35.4 Å². The molecule has 2 amide bonds. The lowest BCUT2D eigenvalue weighted by Gasteiger charge is -2.34. The summed E-state index contributed by atoms with van der Waals surface area (Å²) in [6, 6.07) is 6.18. The Hall–Kier alpha value is -4.30. The molecule has 2 rings (SSSR count). The molecule has 0 aliphatic carbocycles. The number of nitrogens with one attached hydrogen (secondary N) is 2. The highest BCUT2D eigenvalue weighted by Gasteiger charge is 2.41. The third-order valence-electron chi connectivity index (χ3n) is 5.35. The molecule has 0 bridgehead atoms. The monoisotopic (exact) mass is 547 g/mol. The number of rotatable bonds is 9. The number of nitrogens with two attached hydrogens (primary N) is 2. The van der Waals surface area contributed by atoms with Gasteiger partial charge in [-0.05, 0) is 48.4 Å². The molecule has 2 aromatic rings. The molecular formula is C23H23F6N5O4. The highest BCUT2D eigenvalue weighted by atomic mass is 19.4. The van der Waals surface area contributed by atoms with Gasteiger partial charge in [0, 0.05) is 5.56 Å². The zero-order valence-corrected chi connectivity index (χ0v) is 19.7. The summed E-state index contributed by atoms with van der Waals surface area (Å²) < 4.78 is 80.3. The summed E-state index contributed by atoms with van der Waals surface area (Å²) in [4.78, 5) is 40.4. The van der Waals surface area contributed by atoms with E-state index >= 15 is 0 Å². The van der Waals surface area contributed by atoms with Crippen LogP contribution in [0, 0.1) is 0 Å². The lowest BCUT2D eigenvalue weighted by atomic mass is 9.82. The van der Waals surface area contributed by atoms with Gasteiger partial charge in [-0.2, -0.15) is 26.3 Å². The number of carboxylic acid groups (broad SMARTS) is 1. The van der Waals surface area contributed by atoms with Crippen molar-refractivity contribution in [3.63, 3.8) is 0 Å². The van der Waals surface area contributed by atoms with Gasteiger partial charge in [-0.25, -0.2) is 4.99 Å². The lowest BCUT2D eigenvalue weighted by Crippen LogP contribution is -2.50. The molecule has 15 heteroatoms. The number of alkyl halides is 6. The van der Waals surface area contributed by atoms with Crippen LogP contribution >= 0.6 is 0 Å². The van der Waals surface area contributed by atoms with Gasteiger partial charge >= 0.3 is 18.3 Å². The minimum atomic E-state index is -5.19. The first-order chi connectivity index (χ1) is 17.5. The highest BCUT2D eigenvalue weighted by molar-refractivity contribution is 5.97. The van der Waals surface area contributed by atoms with Crippen LogP contribution in [0.4, 0.5) is 32.0 Å². The number of aliphatic imine (C=N–C) groups is 1. The summed E-state index contributed by atoms with van der Waals surface area (Å²) >= 11 is 0. The summed E-state index contributed by atoms with van der Waals surface area (Å²) in [5.41, 5.74) is 4.58. The molecule has 0 spiro atoms. The van der Waals surface area contributed by atoms with Crippen molar-refractivity contribution < 1.29 is 45.8 Å². The van der Waals surface area contributed by atoms with Crippen molar-refractivity contribution in [2.24, 2.45) is 16.5 Å². The second-order valence-electron chi connectivity index (χ2n) is 8.12. The van der Waals surface area contributed by atoms with Gasteiger partial charge in [0.15, 0.2) is 5.96 Å². The smallest absolute Gasteiger partial charge is 0.416 e. The van der Waals surface area contributed by atoms with Crippen molar-refractivity contribution in [1.82, 2.24) is 10.6 Å². The number of hydrogen-bond donors (Lipinski definition) is 5. The van der Waals surface area contributed by atoms with E-state index < -0.39 is 71.8 Å². The molecule has 0 aliphatic heterocycles. The number of benzene rings is 2. The number of amides is 2. The van der Waals surface area contributed by atoms with Crippen LogP contribution in [0.3, 0.4) is 0 Å². The fraction of sp³-hybridized carbons (Fsp3) is 0.304. The summed E-state index contributed by atoms with van der Waals surface area (Å²) in [6.07, 6.45) is -11.8. The Morgan fingerprint density at radius 1 is 0.921 bits per heavy atom. The second-order valence-corrected chi connectivity index (χ2v) is 8.12. The molecule has 0 heterocycles. The summed E-state index contributed by atoms with van der Waals surface area (Å²) in [6.45, 7) is 0.502. The molecule has 0 saturated heterocycles. The van der Waals surface area contributed by atoms with Crippen LogP contribution in [0.1, 0.15) is 46.8 Å². The first-order valence-corrected chi connectivity index (χ1v) is 10.8. The third-order valence-corrected chi connectivity index (χ3v) is 5.35. The zero-order chi connectivity index (χ0) is 28.9. The molecule has 1 atom stereocenters. The molecule has 0 saturated carbocycles. The Kier molecular flexibility index (Phi) is 8.97. The molecule has 0 radical (unpaired) electrons. The van der Waals surface area contributed by atoms with Crippen molar-refractivity contribution in [3.8, 4) is 0 Å². The topological polar surface area (TPSA) is 160 Å². The van der Waals surface area contributed by atoms with E-state index in [9.17, 15) is 45.8 Å². The molecule has 0 aliphatic rings. The van der Waals surface area contributed by atoms with Crippen molar-refractivity contribution >= 4 is 29.4 Å². The number of carboxylic acids is 1. The van der Waals surface area contributed by atoms with Gasteiger partial charge in [-0.1, -0.05) is 13.0 Å². The van der Waals surface area contributed by atoms with Crippen LogP contribution < -0.4 is 22.1 Å². The van der Waals surface area contributed by atoms with Crippen molar-refractivity contribution in [1.29, 1.82) is 0 Å². The van der Waals surface area contributed by atoms with Crippen LogP contribution in [0.2, 0.25) is 0 Å². The molecule has 206 valence electrons. The van der Waals surface area contributed by atoms with Gasteiger partial charge in [0.1, 0.15) is 0 Å². The minimum Gasteiger partial charge on any atom is -0.481 e. The molecule has 7 N–H and O–H groups in total. The molecule has 9 nitrogen and oxygen atoms in total. The Bertz CT molecular complexity index is 1210. The van der Waals surface area contributed by atoms with Crippen LogP contribution in [-0.2, 0) is 27.5 Å². The second kappa shape index (κ2) is 11.4.